The highest BCUT2D eigenvalue weighted by Crippen LogP contribution is 2.39. The summed E-state index contributed by atoms with van der Waals surface area (Å²) in [7, 11) is -12.3. The molecule has 136 valence electrons. The third-order valence-electron chi connectivity index (χ3n) is 2.38. The predicted octanol–water partition coefficient (Wildman–Crippen LogP) is 0.0186. The van der Waals surface area contributed by atoms with Gasteiger partial charge in [0.15, 0.2) is 0 Å². The lowest BCUT2D eigenvalue weighted by atomic mass is 10.3. The Morgan fingerprint density at radius 2 is 1.38 bits per heavy atom. The van der Waals surface area contributed by atoms with Gasteiger partial charge in [0.05, 0.1) is 4.90 Å². The molecular weight excluding hydrogens is 390 g/mol. The molecule has 0 fully saturated rings. The number of carboxylic acid groups (broad SMARTS) is 1. The molecule has 4 N–H and O–H groups in total. The van der Waals surface area contributed by atoms with Gasteiger partial charge in [-0.25, -0.2) is 21.6 Å². The van der Waals surface area contributed by atoms with Gasteiger partial charge < -0.3 is 15.3 Å². The summed E-state index contributed by atoms with van der Waals surface area (Å²) in [5.74, 6) is -11.5. The molecule has 1 rings (SSSR count). The normalized spacial score (nSPS) is 13.7. The number of phenolic OH excluding ortho intramolecular Hbond substituents is 2. The van der Waals surface area contributed by atoms with Crippen molar-refractivity contribution in [3.05, 3.63) is 18.2 Å². The van der Waals surface area contributed by atoms with Crippen molar-refractivity contribution in [3.63, 3.8) is 0 Å². The molecule has 0 aliphatic rings. The van der Waals surface area contributed by atoms with Crippen LogP contribution < -0.4 is 4.13 Å². The second kappa shape index (κ2) is 5.75. The molecule has 0 aliphatic heterocycles. The number of nitrogens with one attached hydrogen (secondary N) is 1. The molecule has 0 saturated carbocycles. The summed E-state index contributed by atoms with van der Waals surface area (Å²) in [5, 5.41) is 19.8. The predicted molar refractivity (Wildman–Crippen MR) is 66.5 cm³/mol. The van der Waals surface area contributed by atoms with E-state index in [9.17, 15) is 39.2 Å². The molecule has 0 atom stereocenters. The Bertz CT molecular complexity index is 861. The van der Waals surface area contributed by atoms with Crippen molar-refractivity contribution in [3.8, 4) is 11.5 Å². The van der Waals surface area contributed by atoms with Crippen molar-refractivity contribution >= 4 is 26.0 Å². The van der Waals surface area contributed by atoms with Gasteiger partial charge in [0.25, 0.3) is 20.0 Å². The first kappa shape index (κ1) is 19.9. The molecule has 0 bridgehead atoms. The summed E-state index contributed by atoms with van der Waals surface area (Å²) < 4.78 is 98.4. The highest BCUT2D eigenvalue weighted by molar-refractivity contribution is 8.05. The van der Waals surface area contributed by atoms with E-state index < -0.39 is 53.6 Å². The number of rotatable bonds is 6. The number of carbonyl (C=O) groups is 1. The van der Waals surface area contributed by atoms with Crippen LogP contribution in [0.15, 0.2) is 23.1 Å². The first-order valence-corrected chi connectivity index (χ1v) is 8.31. The van der Waals surface area contributed by atoms with Crippen LogP contribution >= 0.6 is 0 Å². The number of hydrogen-bond acceptors (Lipinski definition) is 7. The number of carboxylic acids is 1. The van der Waals surface area contributed by atoms with Crippen molar-refractivity contribution in [1.82, 2.24) is 4.13 Å². The maximum Gasteiger partial charge on any atom is 0.432 e. The van der Waals surface area contributed by atoms with E-state index >= 15 is 0 Å². The van der Waals surface area contributed by atoms with E-state index in [1.807, 2.05) is 0 Å². The molecule has 0 aromatic heterocycles. The quantitative estimate of drug-likeness (QED) is 0.489. The molecular formula is C9H7F4NO8S2. The summed E-state index contributed by atoms with van der Waals surface area (Å²) in [6, 6.07) is 1.22. The lowest BCUT2D eigenvalue weighted by Crippen LogP contribution is -2.56. The molecule has 0 heterocycles. The van der Waals surface area contributed by atoms with Crippen LogP contribution in [0, 0.1) is 0 Å². The Labute approximate surface area is 131 Å². The highest BCUT2D eigenvalue weighted by atomic mass is 32.3. The van der Waals surface area contributed by atoms with Crippen LogP contribution in [0.25, 0.3) is 0 Å². The molecule has 0 saturated heterocycles. The van der Waals surface area contributed by atoms with E-state index in [1.54, 1.807) is 0 Å². The second-order valence-electron chi connectivity index (χ2n) is 4.17. The fraction of sp³-hybridized carbons (Fsp3) is 0.222. The van der Waals surface area contributed by atoms with Crippen LogP contribution in [0.2, 0.25) is 0 Å². The Morgan fingerprint density at radius 3 is 1.75 bits per heavy atom. The molecule has 1 aromatic carbocycles. The summed E-state index contributed by atoms with van der Waals surface area (Å²) in [5.41, 5.74) is 0. The first-order chi connectivity index (χ1) is 10.5. The summed E-state index contributed by atoms with van der Waals surface area (Å²) in [6.07, 6.45) is 0. The largest absolute Gasteiger partial charge is 0.508 e. The highest BCUT2D eigenvalue weighted by Gasteiger charge is 2.71. The van der Waals surface area contributed by atoms with Crippen LogP contribution in [0.3, 0.4) is 0 Å². The van der Waals surface area contributed by atoms with Crippen molar-refractivity contribution < 1.29 is 54.5 Å². The molecule has 0 amide bonds. The zero-order chi connectivity index (χ0) is 19.1. The maximum absolute atomic E-state index is 13.3. The number of aliphatic carboxylic acids is 1. The van der Waals surface area contributed by atoms with Gasteiger partial charge in [-0.2, -0.15) is 17.6 Å². The number of phenols is 2. The molecule has 1 aromatic rings. The number of hydrogen-bond donors (Lipinski definition) is 4. The third kappa shape index (κ3) is 3.36. The topological polar surface area (TPSA) is 158 Å². The van der Waals surface area contributed by atoms with Gasteiger partial charge in [-0.1, -0.05) is 4.13 Å². The Morgan fingerprint density at radius 1 is 0.958 bits per heavy atom. The van der Waals surface area contributed by atoms with Gasteiger partial charge in [0.1, 0.15) is 11.5 Å². The molecule has 0 spiro atoms. The number of halogens is 4. The molecule has 15 heteroatoms. The van der Waals surface area contributed by atoms with Crippen molar-refractivity contribution in [1.29, 1.82) is 0 Å². The average Bonchev–Trinajstić information content (AvgIpc) is 2.35. The number of alkyl halides is 4. The maximum atomic E-state index is 13.3. The number of aromatic hydroxyl groups is 2. The standard InChI is InChI=1S/C9H7F4NO8S2/c10-8(11,7(17)18)9(12,13)24(21,22)14-23(19,20)6-2-4(15)1-5(16)3-6/h1-3,14-16H,(H,17,18). The van der Waals surface area contributed by atoms with Gasteiger partial charge in [-0.05, 0) is 0 Å². The van der Waals surface area contributed by atoms with Crippen LogP contribution in [-0.4, -0.2) is 49.3 Å². The molecule has 9 nitrogen and oxygen atoms in total. The van der Waals surface area contributed by atoms with Gasteiger partial charge in [-0.3, -0.25) is 0 Å². The van der Waals surface area contributed by atoms with Crippen LogP contribution in [0.4, 0.5) is 17.6 Å². The molecule has 0 radical (unpaired) electrons. The first-order valence-electron chi connectivity index (χ1n) is 5.35. The Kier molecular flexibility index (Phi) is 4.77. The van der Waals surface area contributed by atoms with Crippen molar-refractivity contribution in [2.24, 2.45) is 0 Å². The lowest BCUT2D eigenvalue weighted by Gasteiger charge is -2.22. The van der Waals surface area contributed by atoms with Gasteiger partial charge in [0.2, 0.25) is 0 Å². The average molecular weight is 397 g/mol. The van der Waals surface area contributed by atoms with Gasteiger partial charge >= 0.3 is 17.1 Å². The van der Waals surface area contributed by atoms with Crippen LogP contribution in [0.1, 0.15) is 0 Å². The zero-order valence-corrected chi connectivity index (χ0v) is 12.6. The fourth-order valence-electron chi connectivity index (χ4n) is 1.26. The summed E-state index contributed by atoms with van der Waals surface area (Å²) in [4.78, 5) is 8.84. The van der Waals surface area contributed by atoms with Crippen LogP contribution in [-0.2, 0) is 24.8 Å². The van der Waals surface area contributed by atoms with Crippen molar-refractivity contribution in [2.45, 2.75) is 16.1 Å². The van der Waals surface area contributed by atoms with E-state index in [4.69, 9.17) is 15.3 Å². The van der Waals surface area contributed by atoms with E-state index in [0.29, 0.717) is 18.2 Å². The molecule has 0 aliphatic carbocycles. The van der Waals surface area contributed by atoms with Gasteiger partial charge in [-0.15, -0.1) is 0 Å². The number of sulfonamides is 2. The summed E-state index contributed by atoms with van der Waals surface area (Å²) in [6.45, 7) is 0. The molecule has 0 unspecified atom stereocenters. The van der Waals surface area contributed by atoms with E-state index in [-0.39, 0.29) is 4.13 Å². The Hall–Kier alpha value is -2.13. The van der Waals surface area contributed by atoms with E-state index in [1.165, 1.54) is 0 Å². The smallest absolute Gasteiger partial charge is 0.432 e. The van der Waals surface area contributed by atoms with E-state index in [0.717, 1.165) is 0 Å². The minimum absolute atomic E-state index is 0.233. The Balaban J connectivity index is 3.39. The van der Waals surface area contributed by atoms with E-state index in [2.05, 4.69) is 0 Å². The second-order valence-corrected chi connectivity index (χ2v) is 7.84. The minimum atomic E-state index is -6.76. The van der Waals surface area contributed by atoms with Crippen LogP contribution in [0.5, 0.6) is 11.5 Å². The SMILES string of the molecule is O=C(O)C(F)(F)C(F)(F)S(=O)(=O)NS(=O)(=O)c1cc(O)cc(O)c1. The zero-order valence-electron chi connectivity index (χ0n) is 10.9. The lowest BCUT2D eigenvalue weighted by molar-refractivity contribution is -0.197. The monoisotopic (exact) mass is 397 g/mol. The third-order valence-corrected chi connectivity index (χ3v) is 5.92. The summed E-state index contributed by atoms with van der Waals surface area (Å²) >= 11 is 0. The fourth-order valence-corrected chi connectivity index (χ4v) is 4.20. The number of benzene rings is 1. The van der Waals surface area contributed by atoms with Gasteiger partial charge in [0, 0.05) is 18.2 Å². The minimum Gasteiger partial charge on any atom is -0.508 e. The molecule has 24 heavy (non-hydrogen) atoms. The van der Waals surface area contributed by atoms with Crippen molar-refractivity contribution in [2.75, 3.05) is 0 Å².